The van der Waals surface area contributed by atoms with E-state index in [1.165, 1.54) is 6.07 Å². The Morgan fingerprint density at radius 2 is 1.58 bits per heavy atom. The molecule has 164 valence electrons. The molecule has 0 atom stereocenters. The highest BCUT2D eigenvalue weighted by Gasteiger charge is 2.06. The molecule has 5 aromatic rings. The molecule has 0 aliphatic rings. The first-order chi connectivity index (χ1) is 16.1. The lowest BCUT2D eigenvalue weighted by molar-refractivity contribution is 0.301. The third-order valence-corrected chi connectivity index (χ3v) is 5.47. The average molecular weight is 504 g/mol. The lowest BCUT2D eigenvalue weighted by atomic mass is 10.2. The van der Waals surface area contributed by atoms with E-state index >= 15 is 0 Å². The van der Waals surface area contributed by atoms with Crippen LogP contribution in [0.4, 0.5) is 0 Å². The van der Waals surface area contributed by atoms with Crippen LogP contribution in [-0.2, 0) is 13.2 Å². The second-order valence-corrected chi connectivity index (χ2v) is 8.22. The predicted octanol–water partition coefficient (Wildman–Crippen LogP) is 5.29. The molecule has 0 N–H and O–H groups in total. The Morgan fingerprint density at radius 1 is 0.848 bits per heavy atom. The fourth-order valence-electron chi connectivity index (χ4n) is 3.22. The van der Waals surface area contributed by atoms with E-state index in [2.05, 4.69) is 26.2 Å². The van der Waals surface area contributed by atoms with Crippen LogP contribution in [0.2, 0.25) is 0 Å². The molecule has 2 heterocycles. The van der Waals surface area contributed by atoms with E-state index in [1.807, 2.05) is 60.7 Å². The molecule has 0 aliphatic carbocycles. The lowest BCUT2D eigenvalue weighted by Crippen LogP contribution is -1.98. The molecule has 5 rings (SSSR count). The summed E-state index contributed by atoms with van der Waals surface area (Å²) in [5, 5.41) is 9.17. The summed E-state index contributed by atoms with van der Waals surface area (Å²) in [4.78, 5) is 11.4. The minimum absolute atomic E-state index is 0.233. The van der Waals surface area contributed by atoms with E-state index in [0.29, 0.717) is 23.6 Å². The number of nitrogens with zero attached hydrogens (tertiary/aromatic N) is 3. The van der Waals surface area contributed by atoms with Crippen LogP contribution >= 0.6 is 15.9 Å². The standard InChI is InChI=1S/C25H18BrN3O4/c26-19-5-1-17(2-6-19)15-31-22-10-7-21(8-11-22)29-14-20(27-28-29)16-32-23-9-3-18-4-12-25(30)33-24(18)13-23/h1-14H,15-16H2. The Kier molecular flexibility index (Phi) is 5.91. The zero-order chi connectivity index (χ0) is 22.6. The average Bonchev–Trinajstić information content (AvgIpc) is 3.31. The summed E-state index contributed by atoms with van der Waals surface area (Å²) >= 11 is 3.43. The van der Waals surface area contributed by atoms with Crippen molar-refractivity contribution in [1.82, 2.24) is 15.0 Å². The minimum atomic E-state index is -0.396. The molecule has 0 fully saturated rings. The molecule has 0 saturated carbocycles. The molecule has 0 bridgehead atoms. The van der Waals surface area contributed by atoms with Crippen molar-refractivity contribution in [2.24, 2.45) is 0 Å². The fraction of sp³-hybridized carbons (Fsp3) is 0.0800. The van der Waals surface area contributed by atoms with Crippen molar-refractivity contribution in [2.45, 2.75) is 13.2 Å². The lowest BCUT2D eigenvalue weighted by Gasteiger charge is -2.07. The smallest absolute Gasteiger partial charge is 0.336 e. The number of aromatic nitrogens is 3. The SMILES string of the molecule is O=c1ccc2ccc(OCc3cn(-c4ccc(OCc5ccc(Br)cc5)cc4)nn3)cc2o1. The highest BCUT2D eigenvalue weighted by atomic mass is 79.9. The molecule has 0 aliphatic heterocycles. The van der Waals surface area contributed by atoms with Gasteiger partial charge in [-0.15, -0.1) is 5.10 Å². The number of fused-ring (bicyclic) bond motifs is 1. The van der Waals surface area contributed by atoms with Crippen LogP contribution in [0.15, 0.2) is 98.7 Å². The second-order valence-electron chi connectivity index (χ2n) is 7.31. The summed E-state index contributed by atoms with van der Waals surface area (Å²) in [6, 6.07) is 24.1. The van der Waals surface area contributed by atoms with Gasteiger partial charge >= 0.3 is 5.63 Å². The largest absolute Gasteiger partial charge is 0.489 e. The molecular formula is C25H18BrN3O4. The maximum Gasteiger partial charge on any atom is 0.336 e. The third kappa shape index (κ3) is 5.12. The van der Waals surface area contributed by atoms with Crippen molar-refractivity contribution < 1.29 is 13.9 Å². The number of ether oxygens (including phenoxy) is 2. The number of halogens is 1. The van der Waals surface area contributed by atoms with Gasteiger partial charge in [-0.2, -0.15) is 0 Å². The summed E-state index contributed by atoms with van der Waals surface area (Å²) < 4.78 is 19.5. The van der Waals surface area contributed by atoms with Gasteiger partial charge in [-0.1, -0.05) is 33.3 Å². The van der Waals surface area contributed by atoms with Crippen molar-refractivity contribution >= 4 is 26.9 Å². The monoisotopic (exact) mass is 503 g/mol. The van der Waals surface area contributed by atoms with Gasteiger partial charge in [0.2, 0.25) is 0 Å². The Morgan fingerprint density at radius 3 is 2.39 bits per heavy atom. The van der Waals surface area contributed by atoms with Crippen LogP contribution in [0.5, 0.6) is 11.5 Å². The molecule has 7 nitrogen and oxygen atoms in total. The Bertz CT molecular complexity index is 1440. The van der Waals surface area contributed by atoms with E-state index in [4.69, 9.17) is 13.9 Å². The first-order valence-electron chi connectivity index (χ1n) is 10.2. The minimum Gasteiger partial charge on any atom is -0.489 e. The Balaban J connectivity index is 1.20. The normalized spacial score (nSPS) is 10.9. The molecule has 0 saturated heterocycles. The molecule has 0 unspecified atom stereocenters. The van der Waals surface area contributed by atoms with Crippen molar-refractivity contribution in [3.8, 4) is 17.2 Å². The third-order valence-electron chi connectivity index (χ3n) is 4.94. The number of rotatable bonds is 7. The quantitative estimate of drug-likeness (QED) is 0.280. The zero-order valence-electron chi connectivity index (χ0n) is 17.3. The Hall–Kier alpha value is -3.91. The molecule has 0 amide bonds. The summed E-state index contributed by atoms with van der Waals surface area (Å²) in [6.45, 7) is 0.729. The first-order valence-corrected chi connectivity index (χ1v) is 11.0. The van der Waals surface area contributed by atoms with E-state index in [0.717, 1.165) is 26.9 Å². The van der Waals surface area contributed by atoms with Crippen molar-refractivity contribution in [1.29, 1.82) is 0 Å². The summed E-state index contributed by atoms with van der Waals surface area (Å²) in [7, 11) is 0. The fourth-order valence-corrected chi connectivity index (χ4v) is 3.49. The molecule has 8 heteroatoms. The molecule has 2 aromatic heterocycles. The van der Waals surface area contributed by atoms with Gasteiger partial charge in [-0.3, -0.25) is 0 Å². The molecule has 33 heavy (non-hydrogen) atoms. The molecular weight excluding hydrogens is 486 g/mol. The summed E-state index contributed by atoms with van der Waals surface area (Å²) in [5.41, 5.74) is 2.70. The van der Waals surface area contributed by atoms with Crippen molar-refractivity contribution in [3.05, 3.63) is 111 Å². The van der Waals surface area contributed by atoms with E-state index in [-0.39, 0.29) is 6.61 Å². The second kappa shape index (κ2) is 9.30. The molecule has 3 aromatic carbocycles. The van der Waals surface area contributed by atoms with Gasteiger partial charge in [0.05, 0.1) is 11.9 Å². The highest BCUT2D eigenvalue weighted by molar-refractivity contribution is 9.10. The zero-order valence-corrected chi connectivity index (χ0v) is 18.9. The van der Waals surface area contributed by atoms with Crippen molar-refractivity contribution in [2.75, 3.05) is 0 Å². The maximum atomic E-state index is 11.4. The van der Waals surface area contributed by atoms with Gasteiger partial charge < -0.3 is 13.9 Å². The molecule has 0 radical (unpaired) electrons. The van der Waals surface area contributed by atoms with Gasteiger partial charge in [0.15, 0.2) is 0 Å². The van der Waals surface area contributed by atoms with Gasteiger partial charge in [-0.25, -0.2) is 9.48 Å². The van der Waals surface area contributed by atoms with Gasteiger partial charge in [0.25, 0.3) is 0 Å². The van der Waals surface area contributed by atoms with Crippen LogP contribution in [0.3, 0.4) is 0 Å². The van der Waals surface area contributed by atoms with Gasteiger partial charge in [0, 0.05) is 22.0 Å². The van der Waals surface area contributed by atoms with Crippen LogP contribution < -0.4 is 15.1 Å². The van der Waals surface area contributed by atoms with E-state index < -0.39 is 5.63 Å². The van der Waals surface area contributed by atoms with E-state index in [9.17, 15) is 4.79 Å². The van der Waals surface area contributed by atoms with Crippen LogP contribution in [-0.4, -0.2) is 15.0 Å². The predicted molar refractivity (Wildman–Crippen MR) is 127 cm³/mol. The van der Waals surface area contributed by atoms with Crippen LogP contribution in [0, 0.1) is 0 Å². The van der Waals surface area contributed by atoms with E-state index in [1.54, 1.807) is 23.0 Å². The van der Waals surface area contributed by atoms with Crippen LogP contribution in [0.1, 0.15) is 11.3 Å². The van der Waals surface area contributed by atoms with Gasteiger partial charge in [0.1, 0.15) is 36.0 Å². The number of hydrogen-bond acceptors (Lipinski definition) is 6. The highest BCUT2D eigenvalue weighted by Crippen LogP contribution is 2.21. The Labute approximate surface area is 197 Å². The van der Waals surface area contributed by atoms with Crippen molar-refractivity contribution in [3.63, 3.8) is 0 Å². The molecule has 0 spiro atoms. The van der Waals surface area contributed by atoms with Gasteiger partial charge in [-0.05, 0) is 60.2 Å². The van der Waals surface area contributed by atoms with Crippen LogP contribution in [0.25, 0.3) is 16.7 Å². The summed E-state index contributed by atoms with van der Waals surface area (Å²) in [6.07, 6.45) is 1.80. The number of hydrogen-bond donors (Lipinski definition) is 0. The number of benzene rings is 3. The maximum absolute atomic E-state index is 11.4. The summed E-state index contributed by atoms with van der Waals surface area (Å²) in [5.74, 6) is 1.35. The first kappa shape index (κ1) is 21.0. The topological polar surface area (TPSA) is 79.4 Å².